The molecule has 1 N–H and O–H groups in total. The predicted molar refractivity (Wildman–Crippen MR) is 112 cm³/mol. The summed E-state index contributed by atoms with van der Waals surface area (Å²) in [7, 11) is 0. The fraction of sp³-hybridized carbons (Fsp3) is 0.455. The van der Waals surface area contributed by atoms with E-state index in [0.717, 1.165) is 19.3 Å². The standard InChI is InChI=1S/C22H23FN6O3/c1-12-6-24-21(30)15-8-26-29-10-18-20(27-19(15)29)28(16-3-2-4-17(16)32-18)9-13-5-14(23)7-25-22(13)31-11-12/h5,7-8,10,12,16-17H,2-4,6,9,11H2,1H3,(H,24,30)/t12-,16+,17-/m0/s1. The summed E-state index contributed by atoms with van der Waals surface area (Å²) in [6.45, 7) is 3.11. The lowest BCUT2D eigenvalue weighted by molar-refractivity contribution is 0.0944. The Balaban J connectivity index is 1.53. The Morgan fingerprint density at radius 3 is 3.09 bits per heavy atom. The third-order valence-electron chi connectivity index (χ3n) is 6.40. The Morgan fingerprint density at radius 2 is 2.19 bits per heavy atom. The molecule has 1 saturated carbocycles. The molecule has 2 aliphatic heterocycles. The first kappa shape index (κ1) is 19.3. The zero-order valence-corrected chi connectivity index (χ0v) is 17.6. The van der Waals surface area contributed by atoms with Gasteiger partial charge in [-0.05, 0) is 25.3 Å². The van der Waals surface area contributed by atoms with Gasteiger partial charge in [-0.25, -0.2) is 18.9 Å². The highest BCUT2D eigenvalue weighted by molar-refractivity contribution is 5.99. The van der Waals surface area contributed by atoms with Crippen LogP contribution in [-0.2, 0) is 6.54 Å². The average molecular weight is 438 g/mol. The number of carbonyl (C=O) groups is 1. The van der Waals surface area contributed by atoms with E-state index < -0.39 is 5.82 Å². The summed E-state index contributed by atoms with van der Waals surface area (Å²) in [5.41, 5.74) is 1.52. The number of carbonyl (C=O) groups excluding carboxylic acids is 1. The number of nitrogens with one attached hydrogen (secondary N) is 1. The maximum absolute atomic E-state index is 14.2. The first-order chi connectivity index (χ1) is 15.6. The highest BCUT2D eigenvalue weighted by atomic mass is 19.1. The first-order valence-electron chi connectivity index (χ1n) is 10.9. The maximum Gasteiger partial charge on any atom is 0.256 e. The van der Waals surface area contributed by atoms with Gasteiger partial charge in [-0.2, -0.15) is 5.10 Å². The Hall–Kier alpha value is -3.43. The van der Waals surface area contributed by atoms with Crippen molar-refractivity contribution in [2.45, 2.75) is 44.9 Å². The number of fused-ring (bicyclic) bond motifs is 3. The van der Waals surface area contributed by atoms with Gasteiger partial charge in [0.25, 0.3) is 5.91 Å². The molecule has 5 heterocycles. The molecule has 3 aromatic rings. The molecule has 3 aromatic heterocycles. The molecule has 166 valence electrons. The van der Waals surface area contributed by atoms with E-state index in [0.29, 0.717) is 53.9 Å². The largest absolute Gasteiger partial charge is 0.483 e. The van der Waals surface area contributed by atoms with Crippen molar-refractivity contribution in [1.29, 1.82) is 0 Å². The lowest BCUT2D eigenvalue weighted by atomic mass is 10.1. The van der Waals surface area contributed by atoms with Crippen molar-refractivity contribution >= 4 is 17.4 Å². The van der Waals surface area contributed by atoms with Gasteiger partial charge in [0.05, 0.1) is 37.8 Å². The van der Waals surface area contributed by atoms with Crippen molar-refractivity contribution in [3.63, 3.8) is 0 Å². The van der Waals surface area contributed by atoms with Gasteiger partial charge in [0.2, 0.25) is 5.88 Å². The van der Waals surface area contributed by atoms with Gasteiger partial charge in [-0.1, -0.05) is 6.92 Å². The minimum absolute atomic E-state index is 0.0184. The van der Waals surface area contributed by atoms with Crippen LogP contribution in [0.15, 0.2) is 24.7 Å². The molecule has 0 aromatic carbocycles. The van der Waals surface area contributed by atoms with E-state index in [2.05, 4.69) is 20.3 Å². The van der Waals surface area contributed by atoms with E-state index in [1.807, 2.05) is 6.92 Å². The summed E-state index contributed by atoms with van der Waals surface area (Å²) in [5.74, 6) is 1.00. The fourth-order valence-electron chi connectivity index (χ4n) is 4.79. The van der Waals surface area contributed by atoms with Crippen LogP contribution < -0.4 is 19.7 Å². The summed E-state index contributed by atoms with van der Waals surface area (Å²) >= 11 is 0. The Morgan fingerprint density at radius 1 is 1.28 bits per heavy atom. The third kappa shape index (κ3) is 3.12. The van der Waals surface area contributed by atoms with Crippen LogP contribution in [0.1, 0.15) is 42.1 Å². The Labute approximate surface area is 183 Å². The molecule has 0 unspecified atom stereocenters. The van der Waals surface area contributed by atoms with Crippen LogP contribution in [0.4, 0.5) is 10.2 Å². The molecule has 0 saturated heterocycles. The zero-order valence-electron chi connectivity index (χ0n) is 17.6. The summed E-state index contributed by atoms with van der Waals surface area (Å²) in [5, 5.41) is 7.25. The number of rotatable bonds is 0. The molecule has 1 amide bonds. The molecule has 1 fully saturated rings. The molecular formula is C22H23FN6O3. The number of pyridine rings is 1. The number of nitrogens with zero attached hydrogens (tertiary/aromatic N) is 5. The second-order valence-corrected chi connectivity index (χ2v) is 8.78. The number of hydrogen-bond acceptors (Lipinski definition) is 7. The number of aromatic nitrogens is 4. The van der Waals surface area contributed by atoms with Crippen molar-refractivity contribution in [3.8, 4) is 11.6 Å². The second-order valence-electron chi connectivity index (χ2n) is 8.78. The van der Waals surface area contributed by atoms with Crippen molar-refractivity contribution in [2.24, 2.45) is 5.92 Å². The van der Waals surface area contributed by atoms with Gasteiger partial charge in [-0.3, -0.25) is 4.79 Å². The quantitative estimate of drug-likeness (QED) is 0.576. The molecule has 0 spiro atoms. The fourth-order valence-corrected chi connectivity index (χ4v) is 4.79. The molecule has 9 nitrogen and oxygen atoms in total. The van der Waals surface area contributed by atoms with Crippen LogP contribution in [-0.4, -0.2) is 50.8 Å². The van der Waals surface area contributed by atoms with Crippen molar-refractivity contribution in [1.82, 2.24) is 24.9 Å². The van der Waals surface area contributed by atoms with E-state index in [1.54, 1.807) is 10.7 Å². The molecule has 32 heavy (non-hydrogen) atoms. The van der Waals surface area contributed by atoms with Crippen LogP contribution in [0.2, 0.25) is 0 Å². The lowest BCUT2D eigenvalue weighted by Crippen LogP contribution is -2.47. The van der Waals surface area contributed by atoms with E-state index >= 15 is 0 Å². The van der Waals surface area contributed by atoms with E-state index in [9.17, 15) is 9.18 Å². The van der Waals surface area contributed by atoms with Crippen LogP contribution in [0, 0.1) is 11.7 Å². The number of anilines is 1. The Kier molecular flexibility index (Phi) is 4.41. The van der Waals surface area contributed by atoms with Crippen LogP contribution >= 0.6 is 0 Å². The minimum Gasteiger partial charge on any atom is -0.483 e. The first-order valence-corrected chi connectivity index (χ1v) is 10.9. The smallest absolute Gasteiger partial charge is 0.256 e. The molecule has 3 atom stereocenters. The van der Waals surface area contributed by atoms with Gasteiger partial charge in [-0.15, -0.1) is 0 Å². The van der Waals surface area contributed by atoms with Crippen LogP contribution in [0.5, 0.6) is 11.6 Å². The number of amides is 1. The van der Waals surface area contributed by atoms with Crippen molar-refractivity contribution < 1.29 is 18.7 Å². The van der Waals surface area contributed by atoms with Gasteiger partial charge >= 0.3 is 0 Å². The molecule has 0 radical (unpaired) electrons. The van der Waals surface area contributed by atoms with Gasteiger partial charge < -0.3 is 19.7 Å². The topological polar surface area (TPSA) is 93.9 Å². The van der Waals surface area contributed by atoms with E-state index in [4.69, 9.17) is 14.5 Å². The SMILES string of the molecule is C[C@H]1CNC(=O)c2cnn3cc4c(nc23)N(Cc2cc(F)cnc2OC1)[C@@H]1CCC[C@@H]1O4. The minimum atomic E-state index is -0.410. The predicted octanol–water partition coefficient (Wildman–Crippen LogP) is 2.34. The second kappa shape index (κ2) is 7.32. The van der Waals surface area contributed by atoms with E-state index in [-0.39, 0.29) is 24.0 Å². The Bertz CT molecular complexity index is 1210. The van der Waals surface area contributed by atoms with Crippen LogP contribution in [0.3, 0.4) is 0 Å². The summed E-state index contributed by atoms with van der Waals surface area (Å²) < 4.78 is 28.0. The highest BCUT2D eigenvalue weighted by Crippen LogP contribution is 2.42. The molecule has 6 rings (SSSR count). The van der Waals surface area contributed by atoms with Gasteiger partial charge in [0, 0.05) is 18.0 Å². The van der Waals surface area contributed by atoms with Crippen LogP contribution in [0.25, 0.3) is 5.65 Å². The molecule has 10 heteroatoms. The third-order valence-corrected chi connectivity index (χ3v) is 6.40. The average Bonchev–Trinajstić information content (AvgIpc) is 3.41. The molecule has 1 aliphatic carbocycles. The molecule has 3 aliphatic rings. The number of hydrogen-bond donors (Lipinski definition) is 1. The highest BCUT2D eigenvalue weighted by Gasteiger charge is 2.41. The molecule has 2 bridgehead atoms. The van der Waals surface area contributed by atoms with Gasteiger partial charge in [0.15, 0.2) is 17.2 Å². The number of halogens is 1. The van der Waals surface area contributed by atoms with E-state index in [1.165, 1.54) is 18.5 Å². The monoisotopic (exact) mass is 438 g/mol. The zero-order chi connectivity index (χ0) is 21.8. The summed E-state index contributed by atoms with van der Waals surface area (Å²) in [6.07, 6.45) is 7.40. The maximum atomic E-state index is 14.2. The number of ether oxygens (including phenoxy) is 2. The summed E-state index contributed by atoms with van der Waals surface area (Å²) in [4.78, 5) is 24.0. The molecular weight excluding hydrogens is 415 g/mol. The normalized spacial score (nSPS) is 24.9. The summed E-state index contributed by atoms with van der Waals surface area (Å²) in [6, 6.07) is 1.57. The lowest BCUT2D eigenvalue weighted by Gasteiger charge is -2.39. The van der Waals surface area contributed by atoms with Gasteiger partial charge in [0.1, 0.15) is 17.5 Å². The van der Waals surface area contributed by atoms with Crippen molar-refractivity contribution in [2.75, 3.05) is 18.1 Å². The van der Waals surface area contributed by atoms with Crippen molar-refractivity contribution in [3.05, 3.63) is 41.6 Å².